The summed E-state index contributed by atoms with van der Waals surface area (Å²) >= 11 is 0. The highest BCUT2D eigenvalue weighted by molar-refractivity contribution is 5.95. The lowest BCUT2D eigenvalue weighted by atomic mass is 9.86. The number of nitrogens with zero attached hydrogens (tertiary/aromatic N) is 1. The quantitative estimate of drug-likeness (QED) is 0.491. The van der Waals surface area contributed by atoms with Crippen molar-refractivity contribution in [3.63, 3.8) is 0 Å². The summed E-state index contributed by atoms with van der Waals surface area (Å²) in [7, 11) is 4.50. The van der Waals surface area contributed by atoms with Crippen molar-refractivity contribution in [2.24, 2.45) is 13.0 Å². The molecule has 3 rings (SSSR count). The lowest BCUT2D eigenvalue weighted by Crippen LogP contribution is -2.28. The fourth-order valence-electron chi connectivity index (χ4n) is 3.50. The summed E-state index contributed by atoms with van der Waals surface area (Å²) in [5.41, 5.74) is 2.05. The van der Waals surface area contributed by atoms with Gasteiger partial charge in [-0.05, 0) is 37.1 Å². The first-order chi connectivity index (χ1) is 13.0. The van der Waals surface area contributed by atoms with E-state index in [2.05, 4.69) is 0 Å². The molecular formula is C21H23NO5. The molecule has 6 heteroatoms. The number of hydrogen-bond acceptors (Lipinski definition) is 5. The van der Waals surface area contributed by atoms with Gasteiger partial charge in [-0.3, -0.25) is 9.59 Å². The summed E-state index contributed by atoms with van der Waals surface area (Å²) in [5, 5.41) is 1.05. The van der Waals surface area contributed by atoms with E-state index in [1.54, 1.807) is 0 Å². The molecule has 0 aliphatic rings. The zero-order chi connectivity index (χ0) is 19.6. The number of benzene rings is 1. The Bertz CT molecular complexity index is 952. The standard InChI is InChI=1S/C21H23NO5/c1-13-9-10-19(27-13)15(11-16(20(23)25-3)21(24)26-4)17-12-22(2)18-8-6-5-7-14(17)18/h5-10,12,15-16H,11H2,1-4H3. The van der Waals surface area contributed by atoms with Crippen LogP contribution in [0.15, 0.2) is 47.0 Å². The fourth-order valence-corrected chi connectivity index (χ4v) is 3.50. The van der Waals surface area contributed by atoms with E-state index >= 15 is 0 Å². The maximum absolute atomic E-state index is 12.2. The van der Waals surface area contributed by atoms with Crippen LogP contribution in [0, 0.1) is 12.8 Å². The monoisotopic (exact) mass is 369 g/mol. The first-order valence-corrected chi connectivity index (χ1v) is 8.72. The summed E-state index contributed by atoms with van der Waals surface area (Å²) in [6.45, 7) is 1.86. The van der Waals surface area contributed by atoms with E-state index < -0.39 is 17.9 Å². The molecule has 0 saturated heterocycles. The molecule has 142 valence electrons. The predicted octanol–water partition coefficient (Wildman–Crippen LogP) is 3.56. The van der Waals surface area contributed by atoms with E-state index in [-0.39, 0.29) is 12.3 Å². The highest BCUT2D eigenvalue weighted by atomic mass is 16.5. The minimum absolute atomic E-state index is 0.195. The number of methoxy groups -OCH3 is 2. The highest BCUT2D eigenvalue weighted by Crippen LogP contribution is 2.37. The van der Waals surface area contributed by atoms with E-state index in [0.29, 0.717) is 5.76 Å². The summed E-state index contributed by atoms with van der Waals surface area (Å²) in [6, 6.07) is 11.8. The normalized spacial score (nSPS) is 12.3. The largest absolute Gasteiger partial charge is 0.468 e. The van der Waals surface area contributed by atoms with Gasteiger partial charge in [-0.1, -0.05) is 18.2 Å². The van der Waals surface area contributed by atoms with Gasteiger partial charge < -0.3 is 18.5 Å². The van der Waals surface area contributed by atoms with E-state index in [0.717, 1.165) is 22.2 Å². The SMILES string of the molecule is COC(=O)C(CC(c1ccc(C)o1)c1cn(C)c2ccccc12)C(=O)OC. The smallest absolute Gasteiger partial charge is 0.320 e. The van der Waals surface area contributed by atoms with Crippen LogP contribution >= 0.6 is 0 Å². The Kier molecular flexibility index (Phi) is 5.35. The van der Waals surface area contributed by atoms with Crippen molar-refractivity contribution < 1.29 is 23.5 Å². The van der Waals surface area contributed by atoms with Gasteiger partial charge in [-0.15, -0.1) is 0 Å². The topological polar surface area (TPSA) is 70.7 Å². The molecule has 0 fully saturated rings. The van der Waals surface area contributed by atoms with Crippen molar-refractivity contribution in [3.8, 4) is 0 Å². The number of rotatable bonds is 6. The van der Waals surface area contributed by atoms with Crippen molar-refractivity contribution in [2.75, 3.05) is 14.2 Å². The van der Waals surface area contributed by atoms with Gasteiger partial charge in [0, 0.05) is 30.1 Å². The van der Waals surface area contributed by atoms with Crippen LogP contribution in [0.1, 0.15) is 29.4 Å². The molecule has 3 aromatic rings. The van der Waals surface area contributed by atoms with Crippen LogP contribution < -0.4 is 0 Å². The van der Waals surface area contributed by atoms with Crippen molar-refractivity contribution in [1.82, 2.24) is 4.57 Å². The number of aryl methyl sites for hydroxylation is 2. The molecule has 27 heavy (non-hydrogen) atoms. The maximum atomic E-state index is 12.2. The molecule has 1 atom stereocenters. The molecule has 0 bridgehead atoms. The molecule has 1 aromatic carbocycles. The second kappa shape index (κ2) is 7.70. The van der Waals surface area contributed by atoms with Gasteiger partial charge >= 0.3 is 11.9 Å². The number of aromatic nitrogens is 1. The molecule has 0 N–H and O–H groups in total. The van der Waals surface area contributed by atoms with Crippen molar-refractivity contribution in [3.05, 3.63) is 59.7 Å². The zero-order valence-electron chi connectivity index (χ0n) is 15.9. The number of fused-ring (bicyclic) bond motifs is 1. The fraction of sp³-hybridized carbons (Fsp3) is 0.333. The molecule has 2 aromatic heterocycles. The van der Waals surface area contributed by atoms with Gasteiger partial charge in [0.1, 0.15) is 11.5 Å². The maximum Gasteiger partial charge on any atom is 0.320 e. The molecule has 2 heterocycles. The van der Waals surface area contributed by atoms with Gasteiger partial charge in [0.15, 0.2) is 5.92 Å². The third-order valence-corrected chi connectivity index (χ3v) is 4.85. The minimum Gasteiger partial charge on any atom is -0.468 e. The molecule has 0 saturated carbocycles. The van der Waals surface area contributed by atoms with E-state index in [1.807, 2.05) is 61.1 Å². The molecule has 0 amide bonds. The zero-order valence-corrected chi connectivity index (χ0v) is 15.9. The number of esters is 2. The number of ether oxygens (including phenoxy) is 2. The van der Waals surface area contributed by atoms with Crippen LogP contribution in [0.5, 0.6) is 0 Å². The number of para-hydroxylation sites is 1. The van der Waals surface area contributed by atoms with Crippen LogP contribution in [-0.4, -0.2) is 30.7 Å². The van der Waals surface area contributed by atoms with Crippen molar-refractivity contribution in [1.29, 1.82) is 0 Å². The van der Waals surface area contributed by atoms with Gasteiger partial charge in [-0.25, -0.2) is 0 Å². The average molecular weight is 369 g/mol. The van der Waals surface area contributed by atoms with Crippen LogP contribution in [0.2, 0.25) is 0 Å². The second-order valence-corrected chi connectivity index (χ2v) is 6.55. The highest BCUT2D eigenvalue weighted by Gasteiger charge is 2.35. The lowest BCUT2D eigenvalue weighted by Gasteiger charge is -2.19. The van der Waals surface area contributed by atoms with Crippen LogP contribution in [0.3, 0.4) is 0 Å². The first-order valence-electron chi connectivity index (χ1n) is 8.72. The lowest BCUT2D eigenvalue weighted by molar-refractivity contribution is -0.159. The Morgan fingerprint density at radius 2 is 1.74 bits per heavy atom. The van der Waals surface area contributed by atoms with Crippen LogP contribution in [-0.2, 0) is 26.1 Å². The Morgan fingerprint density at radius 1 is 1.07 bits per heavy atom. The predicted molar refractivity (Wildman–Crippen MR) is 100 cm³/mol. The molecule has 0 radical (unpaired) electrons. The number of carbonyl (C=O) groups excluding carboxylic acids is 2. The summed E-state index contributed by atoms with van der Waals surface area (Å²) < 4.78 is 17.6. The van der Waals surface area contributed by atoms with E-state index in [1.165, 1.54) is 14.2 Å². The van der Waals surface area contributed by atoms with Crippen molar-refractivity contribution >= 4 is 22.8 Å². The van der Waals surface area contributed by atoms with Gasteiger partial charge in [0.05, 0.1) is 14.2 Å². The molecule has 0 spiro atoms. The number of furan rings is 1. The Hall–Kier alpha value is -3.02. The van der Waals surface area contributed by atoms with Gasteiger partial charge in [0.25, 0.3) is 0 Å². The molecular weight excluding hydrogens is 346 g/mol. The van der Waals surface area contributed by atoms with E-state index in [9.17, 15) is 9.59 Å². The second-order valence-electron chi connectivity index (χ2n) is 6.55. The third kappa shape index (κ3) is 3.60. The third-order valence-electron chi connectivity index (χ3n) is 4.85. The molecule has 0 aliphatic heterocycles. The van der Waals surface area contributed by atoms with E-state index in [4.69, 9.17) is 13.9 Å². The van der Waals surface area contributed by atoms with Crippen LogP contribution in [0.4, 0.5) is 0 Å². The number of hydrogen-bond donors (Lipinski definition) is 0. The first kappa shape index (κ1) is 18.8. The summed E-state index contributed by atoms with van der Waals surface area (Å²) in [6.07, 6.45) is 2.21. The summed E-state index contributed by atoms with van der Waals surface area (Å²) in [5.74, 6) is -1.10. The molecule has 1 unspecified atom stereocenters. The Morgan fingerprint density at radius 3 is 2.33 bits per heavy atom. The number of carbonyl (C=O) groups is 2. The van der Waals surface area contributed by atoms with Crippen molar-refractivity contribution in [2.45, 2.75) is 19.3 Å². The average Bonchev–Trinajstić information content (AvgIpc) is 3.25. The van der Waals surface area contributed by atoms with Gasteiger partial charge in [0.2, 0.25) is 0 Å². The Labute approximate surface area is 157 Å². The molecule has 0 aliphatic carbocycles. The minimum atomic E-state index is -1.03. The van der Waals surface area contributed by atoms with Gasteiger partial charge in [-0.2, -0.15) is 0 Å². The Balaban J connectivity index is 2.11. The van der Waals surface area contributed by atoms with Crippen LogP contribution in [0.25, 0.3) is 10.9 Å². The summed E-state index contributed by atoms with van der Waals surface area (Å²) in [4.78, 5) is 24.5. The molecule has 6 nitrogen and oxygen atoms in total.